The summed E-state index contributed by atoms with van der Waals surface area (Å²) in [5.74, 6) is 0. The van der Waals surface area contributed by atoms with Crippen LogP contribution in [-0.4, -0.2) is 21.0 Å². The zero-order valence-electron chi connectivity index (χ0n) is 4.27. The molecule has 0 rings (SSSR count). The first-order chi connectivity index (χ1) is 3.81. The van der Waals surface area contributed by atoms with E-state index in [0.29, 0.717) is 7.11 Å². The second-order valence-electron chi connectivity index (χ2n) is 1.07. The zero-order chi connectivity index (χ0) is 7.71. The van der Waals surface area contributed by atoms with Crippen LogP contribution in [0.2, 0.25) is 0 Å². The monoisotopic (exact) mass is 180 g/mol. The van der Waals surface area contributed by atoms with Crippen LogP contribution >= 0.6 is 0 Å². The Morgan fingerprint density at radius 3 is 1.60 bits per heavy atom. The molecule has 0 aromatic heterocycles. The fraction of sp³-hybridized carbons (Fsp3) is 1.00. The molecule has 0 N–H and O–H groups in total. The van der Waals surface area contributed by atoms with Gasteiger partial charge < -0.3 is 0 Å². The molecule has 0 aromatic carbocycles. The Labute approximate surface area is 56.9 Å². The highest BCUT2D eigenvalue weighted by atomic mass is 32.2. The predicted octanol–water partition coefficient (Wildman–Crippen LogP) is 1.12. The summed E-state index contributed by atoms with van der Waals surface area (Å²) in [4.78, 5) is 0. The summed E-state index contributed by atoms with van der Waals surface area (Å²) in [7, 11) is -4.89. The number of rotatable bonds is 1. The molecule has 0 bridgehead atoms. The van der Waals surface area contributed by atoms with Gasteiger partial charge in [0.05, 0.1) is 7.11 Å². The van der Waals surface area contributed by atoms with E-state index in [1.54, 1.807) is 0 Å². The van der Waals surface area contributed by atoms with Gasteiger partial charge >= 0.3 is 15.6 Å². The lowest BCUT2D eigenvalue weighted by molar-refractivity contribution is -0.0526. The molecule has 0 atom stereocenters. The van der Waals surface area contributed by atoms with Gasteiger partial charge in [0.15, 0.2) is 0 Å². The van der Waals surface area contributed by atoms with Crippen molar-refractivity contribution >= 4 is 10.1 Å². The summed E-state index contributed by atoms with van der Waals surface area (Å²) in [6, 6.07) is 0. The highest BCUT2D eigenvalue weighted by Gasteiger charge is 2.46. The van der Waals surface area contributed by atoms with Crippen LogP contribution in [0.25, 0.3) is 0 Å². The third-order valence-corrected chi connectivity index (χ3v) is 1.51. The van der Waals surface area contributed by atoms with Crippen LogP contribution < -0.4 is 0 Å². The van der Waals surface area contributed by atoms with Crippen LogP contribution in [0, 0.1) is 0 Å². The summed E-state index contributed by atoms with van der Waals surface area (Å²) >= 11 is 0. The van der Waals surface area contributed by atoms with Crippen molar-refractivity contribution < 1.29 is 25.8 Å². The fourth-order valence-electron chi connectivity index (χ4n) is 0.0945. The van der Waals surface area contributed by atoms with Crippen molar-refractivity contribution in [3.05, 3.63) is 0 Å². The van der Waals surface area contributed by atoms with E-state index >= 15 is 0 Å². The van der Waals surface area contributed by atoms with Crippen molar-refractivity contribution in [2.75, 3.05) is 7.11 Å². The van der Waals surface area contributed by atoms with Crippen LogP contribution in [0.5, 0.6) is 0 Å². The van der Waals surface area contributed by atoms with E-state index in [4.69, 9.17) is 0 Å². The normalized spacial score (nSPS) is 12.4. The first kappa shape index (κ1) is 12.4. The summed E-state index contributed by atoms with van der Waals surface area (Å²) in [5, 5.41) is 0. The van der Waals surface area contributed by atoms with Gasteiger partial charge in [0.25, 0.3) is 0 Å². The van der Waals surface area contributed by atoms with Gasteiger partial charge in [-0.25, -0.2) is 0 Å². The van der Waals surface area contributed by atoms with Crippen molar-refractivity contribution in [3.63, 3.8) is 0 Å². The van der Waals surface area contributed by atoms with Gasteiger partial charge in [-0.15, -0.1) is 0 Å². The molecule has 0 heterocycles. The Hall–Kier alpha value is -0.300. The second kappa shape index (κ2) is 3.20. The predicted molar refractivity (Wildman–Crippen MR) is 28.7 cm³/mol. The van der Waals surface area contributed by atoms with Crippen molar-refractivity contribution in [2.45, 2.75) is 12.9 Å². The Bertz CT molecular complexity index is 180. The average Bonchev–Trinajstić information content (AvgIpc) is 1.64. The van der Waals surface area contributed by atoms with Crippen LogP contribution in [0.15, 0.2) is 0 Å². The van der Waals surface area contributed by atoms with Crippen molar-refractivity contribution in [1.29, 1.82) is 0 Å². The molecule has 0 radical (unpaired) electrons. The van der Waals surface area contributed by atoms with Gasteiger partial charge in [-0.05, 0) is 0 Å². The molecule has 0 unspecified atom stereocenters. The maximum absolute atomic E-state index is 11.1. The quantitative estimate of drug-likeness (QED) is 0.448. The van der Waals surface area contributed by atoms with Crippen molar-refractivity contribution in [3.8, 4) is 0 Å². The minimum atomic E-state index is -5.34. The van der Waals surface area contributed by atoms with Crippen LogP contribution in [0.3, 0.4) is 0 Å². The summed E-state index contributed by atoms with van der Waals surface area (Å²) < 4.78 is 55.9. The smallest absolute Gasteiger partial charge is 0.267 e. The molecule has 0 aliphatic rings. The van der Waals surface area contributed by atoms with E-state index in [-0.39, 0.29) is 7.43 Å². The molecule has 0 aliphatic heterocycles. The van der Waals surface area contributed by atoms with Gasteiger partial charge in [-0.3, -0.25) is 4.18 Å². The molecule has 0 fully saturated rings. The molecule has 0 saturated heterocycles. The van der Waals surface area contributed by atoms with E-state index < -0.39 is 15.6 Å². The lowest BCUT2D eigenvalue weighted by Gasteiger charge is -2.02. The standard InChI is InChI=1S/C2H3F3O3S.CH4/c1-8-9(6,7)2(3,4)5;/h1H3;1H4. The van der Waals surface area contributed by atoms with Crippen LogP contribution in [0.1, 0.15) is 7.43 Å². The molecule has 0 aliphatic carbocycles. The third kappa shape index (κ3) is 2.53. The third-order valence-electron chi connectivity index (χ3n) is 0.503. The molecule has 0 saturated carbocycles. The molecular formula is C3H7F3O3S. The molecule has 10 heavy (non-hydrogen) atoms. The van der Waals surface area contributed by atoms with Crippen molar-refractivity contribution in [1.82, 2.24) is 0 Å². The van der Waals surface area contributed by atoms with E-state index in [0.717, 1.165) is 0 Å². The SMILES string of the molecule is C.COS(=O)(=O)C(F)(F)F. The fourth-order valence-corrected chi connectivity index (χ4v) is 0.283. The van der Waals surface area contributed by atoms with Gasteiger partial charge in [-0.2, -0.15) is 21.6 Å². The van der Waals surface area contributed by atoms with Gasteiger partial charge in [0.1, 0.15) is 0 Å². The number of hydrogen-bond donors (Lipinski definition) is 0. The Balaban J connectivity index is 0. The first-order valence-corrected chi connectivity index (χ1v) is 3.09. The topological polar surface area (TPSA) is 43.4 Å². The molecule has 64 valence electrons. The maximum Gasteiger partial charge on any atom is 0.523 e. The number of alkyl halides is 3. The molecule has 7 heteroatoms. The highest BCUT2D eigenvalue weighted by Crippen LogP contribution is 2.23. The highest BCUT2D eigenvalue weighted by molar-refractivity contribution is 7.87. The number of halogens is 3. The molecule has 0 spiro atoms. The summed E-state index contributed by atoms with van der Waals surface area (Å²) in [5.41, 5.74) is -5.30. The molecular weight excluding hydrogens is 173 g/mol. The van der Waals surface area contributed by atoms with E-state index in [1.807, 2.05) is 0 Å². The van der Waals surface area contributed by atoms with E-state index in [2.05, 4.69) is 4.18 Å². The van der Waals surface area contributed by atoms with E-state index in [1.165, 1.54) is 0 Å². The van der Waals surface area contributed by atoms with Crippen LogP contribution in [-0.2, 0) is 14.3 Å². The van der Waals surface area contributed by atoms with Gasteiger partial charge in [0, 0.05) is 0 Å². The minimum Gasteiger partial charge on any atom is -0.267 e. The minimum absolute atomic E-state index is 0. The average molecular weight is 180 g/mol. The Morgan fingerprint density at radius 1 is 1.30 bits per heavy atom. The zero-order valence-corrected chi connectivity index (χ0v) is 5.08. The molecule has 0 aromatic rings. The summed E-state index contributed by atoms with van der Waals surface area (Å²) in [6.45, 7) is 0. The first-order valence-electron chi connectivity index (χ1n) is 1.68. The lowest BCUT2D eigenvalue weighted by atomic mass is 11.6. The van der Waals surface area contributed by atoms with E-state index in [9.17, 15) is 21.6 Å². The molecule has 0 amide bonds. The number of hydrogen-bond acceptors (Lipinski definition) is 3. The summed E-state index contributed by atoms with van der Waals surface area (Å²) in [6.07, 6.45) is 0. The van der Waals surface area contributed by atoms with Crippen LogP contribution in [0.4, 0.5) is 13.2 Å². The maximum atomic E-state index is 11.1. The molecule has 3 nitrogen and oxygen atoms in total. The second-order valence-corrected chi connectivity index (χ2v) is 2.77. The van der Waals surface area contributed by atoms with Crippen molar-refractivity contribution in [2.24, 2.45) is 0 Å². The Kier molecular flexibility index (Phi) is 3.96. The largest absolute Gasteiger partial charge is 0.523 e. The lowest BCUT2D eigenvalue weighted by Crippen LogP contribution is -2.23. The van der Waals surface area contributed by atoms with Gasteiger partial charge in [0.2, 0.25) is 0 Å². The van der Waals surface area contributed by atoms with Gasteiger partial charge in [-0.1, -0.05) is 7.43 Å². The Morgan fingerprint density at radius 2 is 1.60 bits per heavy atom.